The average Bonchev–Trinajstić information content (AvgIpc) is 2.47. The third kappa shape index (κ3) is 3.06. The lowest BCUT2D eigenvalue weighted by Crippen LogP contribution is -1.90. The van der Waals surface area contributed by atoms with Crippen molar-refractivity contribution in [2.45, 2.75) is 10.6 Å². The topological polar surface area (TPSA) is 43.4 Å². The van der Waals surface area contributed by atoms with Crippen LogP contribution in [0.1, 0.15) is 4.88 Å². The number of ether oxygens (including phenoxy) is 1. The van der Waals surface area contributed by atoms with Crippen molar-refractivity contribution >= 4 is 21.6 Å². The molecule has 0 aliphatic rings. The van der Waals surface area contributed by atoms with Gasteiger partial charge in [0.2, 0.25) is 0 Å². The zero-order chi connectivity index (χ0) is 9.90. The summed E-state index contributed by atoms with van der Waals surface area (Å²) >= 11 is 0.937. The minimum atomic E-state index is -4.53. The molecule has 0 saturated carbocycles. The van der Waals surface area contributed by atoms with E-state index in [2.05, 4.69) is 0 Å². The fraction of sp³-hybridized carbons (Fsp3) is 0.429. The number of thiophene rings is 1. The standard InChI is InChI=1S/C7H9FO3S2/c1-11-5-4-6-2-3-7(12-6)13(8,9)10/h2-3H,4-5H2,1H3. The van der Waals surface area contributed by atoms with Gasteiger partial charge in [0.1, 0.15) is 0 Å². The summed E-state index contributed by atoms with van der Waals surface area (Å²) in [6.45, 7) is 0.506. The molecule has 0 aliphatic heterocycles. The Balaban J connectivity index is 2.76. The molecule has 0 aliphatic carbocycles. The van der Waals surface area contributed by atoms with E-state index in [-0.39, 0.29) is 4.21 Å². The fourth-order valence-corrected chi connectivity index (χ4v) is 2.49. The Morgan fingerprint density at radius 3 is 2.69 bits per heavy atom. The lowest BCUT2D eigenvalue weighted by atomic mass is 10.4. The maximum Gasteiger partial charge on any atom is 0.341 e. The molecule has 0 N–H and O–H groups in total. The van der Waals surface area contributed by atoms with Gasteiger partial charge in [-0.2, -0.15) is 8.42 Å². The second-order valence-electron chi connectivity index (χ2n) is 2.40. The lowest BCUT2D eigenvalue weighted by Gasteiger charge is -1.93. The van der Waals surface area contributed by atoms with E-state index in [0.29, 0.717) is 13.0 Å². The molecule has 1 aromatic rings. The molecule has 0 aromatic carbocycles. The first-order valence-corrected chi connectivity index (χ1v) is 5.76. The molecule has 1 heterocycles. The molecule has 6 heteroatoms. The molecule has 1 aromatic heterocycles. The Morgan fingerprint density at radius 1 is 1.54 bits per heavy atom. The van der Waals surface area contributed by atoms with Gasteiger partial charge in [0.15, 0.2) is 4.21 Å². The van der Waals surface area contributed by atoms with E-state index < -0.39 is 10.2 Å². The summed E-state index contributed by atoms with van der Waals surface area (Å²) in [7, 11) is -2.97. The van der Waals surface area contributed by atoms with E-state index in [1.165, 1.54) is 6.07 Å². The van der Waals surface area contributed by atoms with Crippen LogP contribution in [0.4, 0.5) is 3.89 Å². The lowest BCUT2D eigenvalue weighted by molar-refractivity contribution is 0.203. The molecule has 74 valence electrons. The normalized spacial score (nSPS) is 11.8. The van der Waals surface area contributed by atoms with Crippen LogP contribution < -0.4 is 0 Å². The van der Waals surface area contributed by atoms with Crippen molar-refractivity contribution in [1.29, 1.82) is 0 Å². The third-order valence-corrected chi connectivity index (χ3v) is 3.83. The molecule has 0 spiro atoms. The Kier molecular flexibility index (Phi) is 3.40. The summed E-state index contributed by atoms with van der Waals surface area (Å²) < 4.78 is 37.8. The molecule has 0 atom stereocenters. The van der Waals surface area contributed by atoms with Crippen molar-refractivity contribution in [3.63, 3.8) is 0 Å². The van der Waals surface area contributed by atoms with E-state index in [1.54, 1.807) is 13.2 Å². The van der Waals surface area contributed by atoms with Crippen LogP contribution in [-0.2, 0) is 21.4 Å². The molecule has 0 radical (unpaired) electrons. The molecular weight excluding hydrogens is 215 g/mol. The highest BCUT2D eigenvalue weighted by Gasteiger charge is 2.14. The number of rotatable bonds is 4. The van der Waals surface area contributed by atoms with Gasteiger partial charge in [-0.3, -0.25) is 0 Å². The Labute approximate surface area is 80.4 Å². The molecule has 0 amide bonds. The Morgan fingerprint density at radius 2 is 2.23 bits per heavy atom. The van der Waals surface area contributed by atoms with Gasteiger partial charge in [0.25, 0.3) is 0 Å². The predicted molar refractivity (Wildman–Crippen MR) is 48.2 cm³/mol. The van der Waals surface area contributed by atoms with Crippen LogP contribution >= 0.6 is 11.3 Å². The van der Waals surface area contributed by atoms with E-state index >= 15 is 0 Å². The van der Waals surface area contributed by atoms with Crippen molar-refractivity contribution < 1.29 is 17.0 Å². The van der Waals surface area contributed by atoms with Crippen LogP contribution in [-0.4, -0.2) is 22.1 Å². The number of hydrogen-bond donors (Lipinski definition) is 0. The van der Waals surface area contributed by atoms with Crippen LogP contribution in [0, 0.1) is 0 Å². The zero-order valence-electron chi connectivity index (χ0n) is 6.99. The smallest absolute Gasteiger partial charge is 0.341 e. The first-order valence-electron chi connectivity index (χ1n) is 3.56. The van der Waals surface area contributed by atoms with Gasteiger partial charge in [0, 0.05) is 18.4 Å². The second-order valence-corrected chi connectivity index (χ2v) is 5.14. The van der Waals surface area contributed by atoms with Crippen molar-refractivity contribution in [1.82, 2.24) is 0 Å². The fourth-order valence-electron chi connectivity index (χ4n) is 0.826. The van der Waals surface area contributed by atoms with E-state index in [0.717, 1.165) is 16.2 Å². The minimum absolute atomic E-state index is 0.237. The zero-order valence-corrected chi connectivity index (χ0v) is 8.62. The van der Waals surface area contributed by atoms with Gasteiger partial charge in [-0.1, -0.05) is 3.89 Å². The van der Waals surface area contributed by atoms with Crippen molar-refractivity contribution in [2.75, 3.05) is 13.7 Å². The van der Waals surface area contributed by atoms with Gasteiger partial charge >= 0.3 is 10.2 Å². The monoisotopic (exact) mass is 224 g/mol. The maximum atomic E-state index is 12.4. The molecule has 0 unspecified atom stereocenters. The molecule has 13 heavy (non-hydrogen) atoms. The van der Waals surface area contributed by atoms with Crippen molar-refractivity contribution in [3.8, 4) is 0 Å². The average molecular weight is 224 g/mol. The van der Waals surface area contributed by atoms with Crippen LogP contribution in [0.3, 0.4) is 0 Å². The minimum Gasteiger partial charge on any atom is -0.384 e. The van der Waals surface area contributed by atoms with Crippen LogP contribution in [0.5, 0.6) is 0 Å². The Bertz CT molecular complexity index is 369. The van der Waals surface area contributed by atoms with Gasteiger partial charge in [-0.15, -0.1) is 11.3 Å². The van der Waals surface area contributed by atoms with Crippen LogP contribution in [0.25, 0.3) is 0 Å². The predicted octanol–water partition coefficient (Wildman–Crippen LogP) is 1.60. The van der Waals surface area contributed by atoms with E-state index in [4.69, 9.17) is 4.74 Å². The molecule has 1 rings (SSSR count). The summed E-state index contributed by atoms with van der Waals surface area (Å²) in [6.07, 6.45) is 0.608. The summed E-state index contributed by atoms with van der Waals surface area (Å²) in [5.41, 5.74) is 0. The highest BCUT2D eigenvalue weighted by atomic mass is 32.3. The highest BCUT2D eigenvalue weighted by molar-refractivity contribution is 7.88. The summed E-state index contributed by atoms with van der Waals surface area (Å²) in [4.78, 5) is 0.804. The number of methoxy groups -OCH3 is 1. The Hall–Kier alpha value is -0.460. The molecular formula is C7H9FO3S2. The van der Waals surface area contributed by atoms with Gasteiger partial charge in [-0.05, 0) is 12.1 Å². The quantitative estimate of drug-likeness (QED) is 0.729. The SMILES string of the molecule is COCCc1ccc(S(=O)(=O)F)s1. The van der Waals surface area contributed by atoms with Gasteiger partial charge in [-0.25, -0.2) is 0 Å². The molecule has 0 fully saturated rings. The number of halogens is 1. The first kappa shape index (κ1) is 10.6. The largest absolute Gasteiger partial charge is 0.384 e. The van der Waals surface area contributed by atoms with Gasteiger partial charge < -0.3 is 4.74 Å². The highest BCUT2D eigenvalue weighted by Crippen LogP contribution is 2.23. The maximum absolute atomic E-state index is 12.4. The molecule has 0 bridgehead atoms. The summed E-state index contributed by atoms with van der Waals surface area (Å²) in [5.74, 6) is 0. The van der Waals surface area contributed by atoms with Crippen LogP contribution in [0.15, 0.2) is 16.3 Å². The van der Waals surface area contributed by atoms with Gasteiger partial charge in [0.05, 0.1) is 6.61 Å². The first-order chi connectivity index (χ1) is 6.04. The van der Waals surface area contributed by atoms with Crippen molar-refractivity contribution in [2.24, 2.45) is 0 Å². The third-order valence-electron chi connectivity index (χ3n) is 1.43. The van der Waals surface area contributed by atoms with E-state index in [9.17, 15) is 12.3 Å². The van der Waals surface area contributed by atoms with Crippen LogP contribution in [0.2, 0.25) is 0 Å². The van der Waals surface area contributed by atoms with Crippen molar-refractivity contribution in [3.05, 3.63) is 17.0 Å². The second kappa shape index (κ2) is 4.17. The van der Waals surface area contributed by atoms with E-state index in [1.807, 2.05) is 0 Å². The summed E-state index contributed by atoms with van der Waals surface area (Å²) in [5, 5.41) is 0. The summed E-state index contributed by atoms with van der Waals surface area (Å²) in [6, 6.07) is 2.86. The molecule has 3 nitrogen and oxygen atoms in total. The molecule has 0 saturated heterocycles. The number of hydrogen-bond acceptors (Lipinski definition) is 4.